The van der Waals surface area contributed by atoms with Gasteiger partial charge in [0, 0.05) is 0 Å². The van der Waals surface area contributed by atoms with Crippen LogP contribution in [0, 0.1) is 0 Å². The van der Waals surface area contributed by atoms with E-state index in [1.807, 2.05) is 0 Å². The molecular weight excluding hydrogens is 131 g/mol. The first-order chi connectivity index (χ1) is 3.61. The molecule has 0 radical (unpaired) electrons. The average molecular weight is 138 g/mol. The van der Waals surface area contributed by atoms with Gasteiger partial charge in [-0.3, -0.25) is 0 Å². The maximum Gasteiger partial charge on any atom is 0.305 e. The molecule has 1 saturated carbocycles. The Hall–Kier alpha value is -0.120. The lowest BCUT2D eigenvalue weighted by Gasteiger charge is -2.19. The second kappa shape index (κ2) is 1.69. The standard InChI is InChI=1S/C4H7FO2S/c5-8(6,7)4-2-1-3-4/h4H,1-3H2. The number of halogens is 1. The minimum Gasteiger partial charge on any atom is -0.195 e. The number of hydrogen-bond donors (Lipinski definition) is 0. The van der Waals surface area contributed by atoms with E-state index in [2.05, 4.69) is 0 Å². The summed E-state index contributed by atoms with van der Waals surface area (Å²) in [5.74, 6) is 0. The Morgan fingerprint density at radius 3 is 1.88 bits per heavy atom. The minimum absolute atomic E-state index is 0.513. The van der Waals surface area contributed by atoms with Crippen molar-refractivity contribution in [3.05, 3.63) is 0 Å². The van der Waals surface area contributed by atoms with Crippen molar-refractivity contribution in [2.75, 3.05) is 0 Å². The number of hydrogen-bond acceptors (Lipinski definition) is 2. The van der Waals surface area contributed by atoms with Gasteiger partial charge in [0.05, 0.1) is 5.25 Å². The van der Waals surface area contributed by atoms with Crippen molar-refractivity contribution in [3.63, 3.8) is 0 Å². The van der Waals surface area contributed by atoms with E-state index in [4.69, 9.17) is 0 Å². The summed E-state index contributed by atoms with van der Waals surface area (Å²) in [6.45, 7) is 0. The topological polar surface area (TPSA) is 34.1 Å². The molecule has 0 aliphatic heterocycles. The van der Waals surface area contributed by atoms with Crippen LogP contribution in [0.5, 0.6) is 0 Å². The summed E-state index contributed by atoms with van der Waals surface area (Å²) in [6, 6.07) is 0. The van der Waals surface area contributed by atoms with Gasteiger partial charge in [-0.25, -0.2) is 0 Å². The summed E-state index contributed by atoms with van der Waals surface area (Å²) in [4.78, 5) is 0. The third-order valence-corrected chi connectivity index (χ3v) is 2.72. The van der Waals surface area contributed by atoms with Crippen LogP contribution in [0.2, 0.25) is 0 Å². The molecule has 2 nitrogen and oxygen atoms in total. The highest BCUT2D eigenvalue weighted by Gasteiger charge is 2.30. The molecule has 0 amide bonds. The monoisotopic (exact) mass is 138 g/mol. The van der Waals surface area contributed by atoms with Gasteiger partial charge in [0.2, 0.25) is 0 Å². The molecule has 0 aromatic carbocycles. The number of rotatable bonds is 1. The quantitative estimate of drug-likeness (QED) is 0.503. The van der Waals surface area contributed by atoms with Crippen molar-refractivity contribution in [2.24, 2.45) is 0 Å². The summed E-state index contributed by atoms with van der Waals surface area (Å²) < 4.78 is 31.7. The Bertz CT molecular complexity index is 168. The van der Waals surface area contributed by atoms with Crippen LogP contribution in [0.25, 0.3) is 0 Å². The van der Waals surface area contributed by atoms with Crippen LogP contribution in [0.3, 0.4) is 0 Å². The highest BCUT2D eigenvalue weighted by atomic mass is 32.3. The van der Waals surface area contributed by atoms with Gasteiger partial charge in [-0.05, 0) is 12.8 Å². The van der Waals surface area contributed by atoms with E-state index >= 15 is 0 Å². The van der Waals surface area contributed by atoms with Gasteiger partial charge in [-0.1, -0.05) is 6.42 Å². The molecule has 0 saturated heterocycles. The third-order valence-electron chi connectivity index (χ3n) is 1.45. The molecule has 1 aliphatic carbocycles. The zero-order valence-electron chi connectivity index (χ0n) is 4.30. The van der Waals surface area contributed by atoms with Gasteiger partial charge in [0.1, 0.15) is 0 Å². The van der Waals surface area contributed by atoms with Gasteiger partial charge in [0.15, 0.2) is 0 Å². The molecule has 4 heteroatoms. The maximum atomic E-state index is 11.8. The van der Waals surface area contributed by atoms with Crippen LogP contribution in [-0.2, 0) is 10.2 Å². The molecule has 1 fully saturated rings. The van der Waals surface area contributed by atoms with Crippen molar-refractivity contribution in [1.82, 2.24) is 0 Å². The normalized spacial score (nSPS) is 22.6. The fourth-order valence-corrected chi connectivity index (χ4v) is 1.55. The molecule has 0 heterocycles. The lowest BCUT2D eigenvalue weighted by Crippen LogP contribution is -2.24. The van der Waals surface area contributed by atoms with Crippen LogP contribution in [0.4, 0.5) is 3.89 Å². The predicted octanol–water partition coefficient (Wildman–Crippen LogP) is 0.838. The van der Waals surface area contributed by atoms with Crippen LogP contribution in [0.1, 0.15) is 19.3 Å². The molecule has 0 bridgehead atoms. The second-order valence-corrected chi connectivity index (χ2v) is 3.65. The highest BCUT2D eigenvalue weighted by molar-refractivity contribution is 7.87. The van der Waals surface area contributed by atoms with Crippen molar-refractivity contribution in [2.45, 2.75) is 24.5 Å². The molecular formula is C4H7FO2S. The average Bonchev–Trinajstić information content (AvgIpc) is 1.16. The Morgan fingerprint density at radius 2 is 1.88 bits per heavy atom. The summed E-state index contributed by atoms with van der Waals surface area (Å²) in [6.07, 6.45) is 1.88. The van der Waals surface area contributed by atoms with Crippen molar-refractivity contribution < 1.29 is 12.3 Å². The van der Waals surface area contributed by atoms with Crippen LogP contribution in [-0.4, -0.2) is 13.7 Å². The molecule has 0 atom stereocenters. The molecule has 0 spiro atoms. The summed E-state index contributed by atoms with van der Waals surface area (Å²) in [5.41, 5.74) is 0. The largest absolute Gasteiger partial charge is 0.305 e. The fourth-order valence-electron chi connectivity index (χ4n) is 0.652. The van der Waals surface area contributed by atoms with E-state index in [-0.39, 0.29) is 0 Å². The lowest BCUT2D eigenvalue weighted by molar-refractivity contribution is 0.451. The molecule has 8 heavy (non-hydrogen) atoms. The smallest absolute Gasteiger partial charge is 0.195 e. The van der Waals surface area contributed by atoms with Crippen molar-refractivity contribution in [3.8, 4) is 0 Å². The zero-order valence-corrected chi connectivity index (χ0v) is 5.12. The first-order valence-electron chi connectivity index (χ1n) is 2.54. The van der Waals surface area contributed by atoms with Crippen molar-refractivity contribution >= 4 is 10.2 Å². The minimum atomic E-state index is -4.17. The Kier molecular flexibility index (Phi) is 1.27. The van der Waals surface area contributed by atoms with E-state index in [1.54, 1.807) is 0 Å². The van der Waals surface area contributed by atoms with E-state index in [0.29, 0.717) is 12.8 Å². The molecule has 0 aromatic heterocycles. The van der Waals surface area contributed by atoms with E-state index in [0.717, 1.165) is 6.42 Å². The highest BCUT2D eigenvalue weighted by Crippen LogP contribution is 2.26. The fraction of sp³-hybridized carbons (Fsp3) is 1.00. The molecule has 1 rings (SSSR count). The van der Waals surface area contributed by atoms with Gasteiger partial charge >= 0.3 is 10.2 Å². The SMILES string of the molecule is O=S(=O)(F)C1CCC1. The molecule has 0 N–H and O–H groups in total. The van der Waals surface area contributed by atoms with Gasteiger partial charge < -0.3 is 0 Å². The molecule has 1 aliphatic rings. The first kappa shape index (κ1) is 6.01. The zero-order chi connectivity index (χ0) is 6.20. The van der Waals surface area contributed by atoms with Crippen molar-refractivity contribution in [1.29, 1.82) is 0 Å². The third kappa shape index (κ3) is 0.992. The first-order valence-corrected chi connectivity index (χ1v) is 3.99. The Labute approximate surface area is 47.9 Å². The van der Waals surface area contributed by atoms with Crippen LogP contribution >= 0.6 is 0 Å². The molecule has 0 aromatic rings. The van der Waals surface area contributed by atoms with Gasteiger partial charge in [0.25, 0.3) is 0 Å². The molecule has 0 unspecified atom stereocenters. The predicted molar refractivity (Wildman–Crippen MR) is 27.7 cm³/mol. The van der Waals surface area contributed by atoms with E-state index in [1.165, 1.54) is 0 Å². The molecule has 48 valence electrons. The van der Waals surface area contributed by atoms with Gasteiger partial charge in [-0.15, -0.1) is 3.89 Å². The van der Waals surface area contributed by atoms with Crippen LogP contribution in [0.15, 0.2) is 0 Å². The van der Waals surface area contributed by atoms with Crippen LogP contribution < -0.4 is 0 Å². The summed E-state index contributed by atoms with van der Waals surface area (Å²) in [7, 11) is -4.17. The lowest BCUT2D eigenvalue weighted by atomic mass is 10.0. The Morgan fingerprint density at radius 1 is 1.38 bits per heavy atom. The van der Waals surface area contributed by atoms with E-state index < -0.39 is 15.5 Å². The van der Waals surface area contributed by atoms with Gasteiger partial charge in [-0.2, -0.15) is 8.42 Å². The summed E-state index contributed by atoms with van der Waals surface area (Å²) >= 11 is 0. The van der Waals surface area contributed by atoms with E-state index in [9.17, 15) is 12.3 Å². The Balaban J connectivity index is 2.60. The maximum absolute atomic E-state index is 11.8. The second-order valence-electron chi connectivity index (χ2n) is 2.03. The summed E-state index contributed by atoms with van der Waals surface area (Å²) in [5, 5.41) is -0.664.